The lowest BCUT2D eigenvalue weighted by Crippen LogP contribution is -2.61. The average molecular weight is 361 g/mol. The molecule has 6 nitrogen and oxygen atoms in total. The molecule has 0 radical (unpaired) electrons. The minimum Gasteiger partial charge on any atom is -0.493 e. The summed E-state index contributed by atoms with van der Waals surface area (Å²) >= 11 is 1.74. The summed E-state index contributed by atoms with van der Waals surface area (Å²) in [7, 11) is 0. The van der Waals surface area contributed by atoms with E-state index >= 15 is 0 Å². The quantitative estimate of drug-likeness (QED) is 0.847. The van der Waals surface area contributed by atoms with Gasteiger partial charge in [0.25, 0.3) is 6.47 Å². The number of carbonyl (C=O) groups is 1. The molecule has 1 fully saturated rings. The number of carboxylic acid groups (broad SMARTS) is 1. The minimum atomic E-state index is -0.250. The lowest BCUT2D eigenvalue weighted by Gasteiger charge is -2.51. The smallest absolute Gasteiger partial charge is 0.290 e. The Morgan fingerprint density at radius 1 is 1.36 bits per heavy atom. The Morgan fingerprint density at radius 3 is 2.80 bits per heavy atom. The molecule has 0 unspecified atom stereocenters. The molecule has 0 saturated carbocycles. The highest BCUT2D eigenvalue weighted by atomic mass is 32.1. The zero-order chi connectivity index (χ0) is 17.9. The highest BCUT2D eigenvalue weighted by Gasteiger charge is 2.47. The molecule has 2 aliphatic heterocycles. The Balaban J connectivity index is 0.000000569. The SMILES string of the molecule is CC(C)Cc1nnc(N2CC3(COc4ccccc4C3)C2)s1.O=CO. The molecular formula is C18H23N3O3S. The number of para-hydroxylation sites is 1. The number of benzene rings is 1. The van der Waals surface area contributed by atoms with E-state index in [9.17, 15) is 0 Å². The maximum absolute atomic E-state index is 8.36. The molecule has 0 bridgehead atoms. The van der Waals surface area contributed by atoms with Crippen LogP contribution in [-0.4, -0.2) is 41.5 Å². The Morgan fingerprint density at radius 2 is 2.08 bits per heavy atom. The molecule has 1 N–H and O–H groups in total. The van der Waals surface area contributed by atoms with Crippen LogP contribution in [0.15, 0.2) is 24.3 Å². The molecule has 0 aliphatic carbocycles. The van der Waals surface area contributed by atoms with E-state index in [4.69, 9.17) is 14.6 Å². The van der Waals surface area contributed by atoms with E-state index in [0.29, 0.717) is 5.92 Å². The number of anilines is 1. The number of nitrogens with zero attached hydrogens (tertiary/aromatic N) is 3. The van der Waals surface area contributed by atoms with E-state index in [-0.39, 0.29) is 11.9 Å². The van der Waals surface area contributed by atoms with Crippen molar-refractivity contribution in [2.45, 2.75) is 26.7 Å². The standard InChI is InChI=1S/C17H21N3OS.CH2O2/c1-12(2)7-15-18-19-16(22-15)20-9-17(10-20)8-13-5-3-4-6-14(13)21-11-17;2-1-3/h3-6,12H,7-11H2,1-2H3;1H,(H,2,3). The minimum absolute atomic E-state index is 0.250. The lowest BCUT2D eigenvalue weighted by atomic mass is 9.74. The predicted molar refractivity (Wildman–Crippen MR) is 97.4 cm³/mol. The Hall–Kier alpha value is -2.15. The van der Waals surface area contributed by atoms with E-state index in [0.717, 1.165) is 48.4 Å². The van der Waals surface area contributed by atoms with Crippen molar-refractivity contribution in [3.05, 3.63) is 34.8 Å². The number of hydrogen-bond donors (Lipinski definition) is 1. The third-order valence-corrected chi connectivity index (χ3v) is 5.44. The van der Waals surface area contributed by atoms with Crippen molar-refractivity contribution in [2.24, 2.45) is 11.3 Å². The molecule has 1 saturated heterocycles. The fraction of sp³-hybridized carbons (Fsp3) is 0.500. The average Bonchev–Trinajstić information content (AvgIpc) is 3.00. The van der Waals surface area contributed by atoms with Crippen LogP contribution in [0.1, 0.15) is 24.4 Å². The highest BCUT2D eigenvalue weighted by Crippen LogP contribution is 2.43. The van der Waals surface area contributed by atoms with E-state index in [1.807, 2.05) is 6.07 Å². The van der Waals surface area contributed by atoms with Gasteiger partial charge in [0.2, 0.25) is 5.13 Å². The highest BCUT2D eigenvalue weighted by molar-refractivity contribution is 7.15. The fourth-order valence-corrected chi connectivity index (χ4v) is 4.43. The van der Waals surface area contributed by atoms with Crippen LogP contribution in [0.5, 0.6) is 5.75 Å². The van der Waals surface area contributed by atoms with Crippen LogP contribution in [-0.2, 0) is 17.6 Å². The predicted octanol–water partition coefficient (Wildman–Crippen LogP) is 2.88. The third-order valence-electron chi connectivity index (χ3n) is 4.43. The van der Waals surface area contributed by atoms with Crippen molar-refractivity contribution in [3.63, 3.8) is 0 Å². The second kappa shape index (κ2) is 7.39. The maximum Gasteiger partial charge on any atom is 0.290 e. The molecule has 0 amide bonds. The summed E-state index contributed by atoms with van der Waals surface area (Å²) in [6, 6.07) is 8.40. The number of fused-ring (bicyclic) bond motifs is 1. The molecule has 0 atom stereocenters. The Labute approximate surface area is 151 Å². The maximum atomic E-state index is 8.36. The number of aromatic nitrogens is 2. The Bertz CT molecular complexity index is 726. The molecule has 3 heterocycles. The van der Waals surface area contributed by atoms with E-state index in [1.165, 1.54) is 5.56 Å². The molecule has 134 valence electrons. The summed E-state index contributed by atoms with van der Waals surface area (Å²) < 4.78 is 5.96. The molecular weight excluding hydrogens is 338 g/mol. The number of ether oxygens (including phenoxy) is 1. The van der Waals surface area contributed by atoms with Crippen molar-refractivity contribution in [2.75, 3.05) is 24.6 Å². The molecule has 2 aliphatic rings. The van der Waals surface area contributed by atoms with E-state index < -0.39 is 0 Å². The molecule has 25 heavy (non-hydrogen) atoms. The van der Waals surface area contributed by atoms with Gasteiger partial charge in [0.15, 0.2) is 0 Å². The van der Waals surface area contributed by atoms with Crippen LogP contribution in [0.2, 0.25) is 0 Å². The van der Waals surface area contributed by atoms with Crippen molar-refractivity contribution in [3.8, 4) is 5.75 Å². The summed E-state index contributed by atoms with van der Waals surface area (Å²) in [6.07, 6.45) is 2.13. The molecule has 2 aromatic rings. The van der Waals surface area contributed by atoms with Crippen LogP contribution >= 0.6 is 11.3 Å². The van der Waals surface area contributed by atoms with Crippen LogP contribution in [0, 0.1) is 11.3 Å². The normalized spacial score (nSPS) is 17.2. The molecule has 4 rings (SSSR count). The fourth-order valence-electron chi connectivity index (χ4n) is 3.38. The summed E-state index contributed by atoms with van der Waals surface area (Å²) in [5.74, 6) is 1.69. The molecule has 1 aromatic carbocycles. The second-order valence-corrected chi connectivity index (χ2v) is 8.15. The van der Waals surface area contributed by atoms with Crippen LogP contribution in [0.4, 0.5) is 5.13 Å². The summed E-state index contributed by atoms with van der Waals surface area (Å²) in [5, 5.41) is 17.8. The molecule has 1 aromatic heterocycles. The van der Waals surface area contributed by atoms with Crippen LogP contribution < -0.4 is 9.64 Å². The Kier molecular flexibility index (Phi) is 5.22. The first-order valence-corrected chi connectivity index (χ1v) is 9.23. The van der Waals surface area contributed by atoms with Gasteiger partial charge < -0.3 is 14.7 Å². The van der Waals surface area contributed by atoms with Gasteiger partial charge in [-0.2, -0.15) is 0 Å². The molecule has 1 spiro atoms. The van der Waals surface area contributed by atoms with E-state index in [2.05, 4.69) is 47.1 Å². The van der Waals surface area contributed by atoms with Gasteiger partial charge in [0.05, 0.1) is 6.61 Å². The van der Waals surface area contributed by atoms with Gasteiger partial charge in [0, 0.05) is 24.9 Å². The van der Waals surface area contributed by atoms with E-state index in [1.54, 1.807) is 11.3 Å². The van der Waals surface area contributed by atoms with Gasteiger partial charge in [-0.25, -0.2) is 0 Å². The summed E-state index contributed by atoms with van der Waals surface area (Å²) in [4.78, 5) is 10.7. The van der Waals surface area contributed by atoms with Crippen LogP contribution in [0.25, 0.3) is 0 Å². The van der Waals surface area contributed by atoms with Crippen molar-refractivity contribution in [1.82, 2.24) is 10.2 Å². The largest absolute Gasteiger partial charge is 0.493 e. The summed E-state index contributed by atoms with van der Waals surface area (Å²) in [6.45, 7) is 7.06. The van der Waals surface area contributed by atoms with Crippen molar-refractivity contribution < 1.29 is 14.6 Å². The van der Waals surface area contributed by atoms with Gasteiger partial charge in [-0.1, -0.05) is 43.4 Å². The van der Waals surface area contributed by atoms with Gasteiger partial charge in [-0.15, -0.1) is 10.2 Å². The zero-order valence-corrected chi connectivity index (χ0v) is 15.3. The first-order valence-electron chi connectivity index (χ1n) is 8.41. The lowest BCUT2D eigenvalue weighted by molar-refractivity contribution is -0.122. The number of hydrogen-bond acceptors (Lipinski definition) is 6. The third kappa shape index (κ3) is 3.92. The second-order valence-electron chi connectivity index (χ2n) is 7.11. The topological polar surface area (TPSA) is 75.5 Å². The monoisotopic (exact) mass is 361 g/mol. The first kappa shape index (κ1) is 17.7. The van der Waals surface area contributed by atoms with Gasteiger partial charge in [-0.3, -0.25) is 4.79 Å². The van der Waals surface area contributed by atoms with Crippen LogP contribution in [0.3, 0.4) is 0 Å². The zero-order valence-electron chi connectivity index (χ0n) is 14.5. The molecule has 7 heteroatoms. The summed E-state index contributed by atoms with van der Waals surface area (Å²) in [5.41, 5.74) is 1.60. The van der Waals surface area contributed by atoms with Gasteiger partial charge >= 0.3 is 0 Å². The van der Waals surface area contributed by atoms with Gasteiger partial charge in [-0.05, 0) is 24.0 Å². The van der Waals surface area contributed by atoms with Crippen molar-refractivity contribution in [1.29, 1.82) is 0 Å². The number of rotatable bonds is 3. The van der Waals surface area contributed by atoms with Gasteiger partial charge in [0.1, 0.15) is 10.8 Å². The first-order chi connectivity index (χ1) is 12.0. The van der Waals surface area contributed by atoms with Crippen molar-refractivity contribution >= 4 is 22.9 Å².